The zero-order valence-electron chi connectivity index (χ0n) is 15.6. The van der Waals surface area contributed by atoms with Crippen molar-refractivity contribution >= 4 is 23.9 Å². The number of nitrogens with zero attached hydrogens (tertiary/aromatic N) is 2. The van der Waals surface area contributed by atoms with Crippen LogP contribution in [0.3, 0.4) is 0 Å². The minimum atomic E-state index is -0.822. The van der Waals surface area contributed by atoms with Crippen molar-refractivity contribution in [3.63, 3.8) is 0 Å². The largest absolute Gasteiger partial charge is 0.388 e. The fourth-order valence-corrected chi connectivity index (χ4v) is 3.01. The maximum atomic E-state index is 12.2. The van der Waals surface area contributed by atoms with Gasteiger partial charge in [-0.3, -0.25) is 4.98 Å². The van der Waals surface area contributed by atoms with Crippen LogP contribution in [0, 0.1) is 0 Å². The van der Waals surface area contributed by atoms with Gasteiger partial charge in [0.05, 0.1) is 11.3 Å². The van der Waals surface area contributed by atoms with E-state index in [1.54, 1.807) is 6.20 Å². The number of hydrogen-bond acceptors (Lipinski definition) is 4. The summed E-state index contributed by atoms with van der Waals surface area (Å²) in [4.78, 5) is 18.6. The number of likely N-dealkylation sites (tertiary alicyclic amines) is 1. The van der Waals surface area contributed by atoms with Crippen LogP contribution in [-0.4, -0.2) is 53.3 Å². The van der Waals surface area contributed by atoms with Gasteiger partial charge in [-0.05, 0) is 55.8 Å². The average Bonchev–Trinajstić information content (AvgIpc) is 2.69. The highest BCUT2D eigenvalue weighted by Crippen LogP contribution is 2.20. The van der Waals surface area contributed by atoms with Gasteiger partial charge in [-0.15, -0.1) is 0 Å². The molecule has 1 saturated heterocycles. The van der Waals surface area contributed by atoms with Crippen molar-refractivity contribution in [2.75, 3.05) is 32.0 Å². The summed E-state index contributed by atoms with van der Waals surface area (Å²) in [7, 11) is 2.04. The first-order valence-corrected chi connectivity index (χ1v) is 9.17. The predicted octanol–water partition coefficient (Wildman–Crippen LogP) is 2.83. The molecule has 0 atom stereocenters. The SMILES string of the molecule is CN1CCC(O)(CNC(=O)Nc2cccc(/C=C/c3ccccn3)c2)CC1. The maximum absolute atomic E-state index is 12.2. The van der Waals surface area contributed by atoms with E-state index >= 15 is 0 Å². The Bertz CT molecular complexity index is 784. The molecule has 1 aromatic carbocycles. The van der Waals surface area contributed by atoms with Gasteiger partial charge in [-0.1, -0.05) is 24.3 Å². The molecule has 1 aromatic heterocycles. The molecule has 2 aromatic rings. The predicted molar refractivity (Wildman–Crippen MR) is 108 cm³/mol. The van der Waals surface area contributed by atoms with Crippen molar-refractivity contribution in [3.05, 3.63) is 59.9 Å². The van der Waals surface area contributed by atoms with E-state index in [0.717, 1.165) is 24.3 Å². The van der Waals surface area contributed by atoms with Crippen LogP contribution in [0.25, 0.3) is 12.2 Å². The second-order valence-corrected chi connectivity index (χ2v) is 7.05. The topological polar surface area (TPSA) is 77.5 Å². The molecule has 0 saturated carbocycles. The highest BCUT2D eigenvalue weighted by molar-refractivity contribution is 5.89. The Morgan fingerprint density at radius 3 is 2.78 bits per heavy atom. The molecule has 0 bridgehead atoms. The lowest BCUT2D eigenvalue weighted by Gasteiger charge is -2.36. The minimum absolute atomic E-state index is 0.256. The van der Waals surface area contributed by atoms with Crippen molar-refractivity contribution in [1.82, 2.24) is 15.2 Å². The van der Waals surface area contributed by atoms with Crippen molar-refractivity contribution in [3.8, 4) is 0 Å². The van der Waals surface area contributed by atoms with Crippen LogP contribution in [0.2, 0.25) is 0 Å². The molecule has 6 nitrogen and oxygen atoms in total. The van der Waals surface area contributed by atoms with E-state index in [-0.39, 0.29) is 12.6 Å². The number of carbonyl (C=O) groups is 1. The fraction of sp³-hybridized carbons (Fsp3) is 0.333. The summed E-state index contributed by atoms with van der Waals surface area (Å²) in [6.07, 6.45) is 6.96. The first-order valence-electron chi connectivity index (χ1n) is 9.17. The summed E-state index contributed by atoms with van der Waals surface area (Å²) in [5.74, 6) is 0. The number of aromatic nitrogens is 1. The molecule has 1 fully saturated rings. The number of hydrogen-bond donors (Lipinski definition) is 3. The van der Waals surface area contributed by atoms with Crippen LogP contribution < -0.4 is 10.6 Å². The minimum Gasteiger partial charge on any atom is -0.388 e. The highest BCUT2D eigenvalue weighted by Gasteiger charge is 2.31. The van der Waals surface area contributed by atoms with Gasteiger partial charge in [0, 0.05) is 31.5 Å². The molecule has 3 rings (SSSR count). The van der Waals surface area contributed by atoms with Gasteiger partial charge in [-0.2, -0.15) is 0 Å². The number of pyridine rings is 1. The second kappa shape index (κ2) is 8.79. The molecule has 27 heavy (non-hydrogen) atoms. The Balaban J connectivity index is 1.53. The molecule has 0 aliphatic carbocycles. The highest BCUT2D eigenvalue weighted by atomic mass is 16.3. The normalized spacial score (nSPS) is 17.0. The molecule has 0 unspecified atom stereocenters. The number of urea groups is 1. The zero-order valence-corrected chi connectivity index (χ0v) is 15.6. The smallest absolute Gasteiger partial charge is 0.319 e. The Morgan fingerprint density at radius 1 is 1.22 bits per heavy atom. The van der Waals surface area contributed by atoms with Gasteiger partial charge < -0.3 is 20.6 Å². The Kier molecular flexibility index (Phi) is 6.21. The summed E-state index contributed by atoms with van der Waals surface area (Å²) in [5, 5.41) is 16.2. The van der Waals surface area contributed by atoms with E-state index in [0.29, 0.717) is 18.5 Å². The summed E-state index contributed by atoms with van der Waals surface area (Å²) in [6.45, 7) is 1.93. The van der Waals surface area contributed by atoms with Crippen molar-refractivity contribution in [2.24, 2.45) is 0 Å². The lowest BCUT2D eigenvalue weighted by atomic mass is 9.92. The van der Waals surface area contributed by atoms with Gasteiger partial charge in [0.25, 0.3) is 0 Å². The number of aliphatic hydroxyl groups is 1. The summed E-state index contributed by atoms with van der Waals surface area (Å²) >= 11 is 0. The van der Waals surface area contributed by atoms with E-state index in [1.807, 2.05) is 61.7 Å². The van der Waals surface area contributed by atoms with Crippen LogP contribution in [0.5, 0.6) is 0 Å². The van der Waals surface area contributed by atoms with Gasteiger partial charge in [-0.25, -0.2) is 4.79 Å². The number of amides is 2. The first kappa shape index (κ1) is 19.1. The number of piperidine rings is 1. The monoisotopic (exact) mass is 366 g/mol. The standard InChI is InChI=1S/C21H26N4O2/c1-25-13-10-21(27,11-14-25)16-23-20(26)24-19-7-4-5-17(15-19)8-9-18-6-2-3-12-22-18/h2-9,12,15,27H,10-11,13-14,16H2,1H3,(H2,23,24,26)/b9-8+. The number of anilines is 1. The fourth-order valence-electron chi connectivity index (χ4n) is 3.01. The van der Waals surface area contributed by atoms with Crippen molar-refractivity contribution in [1.29, 1.82) is 0 Å². The molecular formula is C21H26N4O2. The lowest BCUT2D eigenvalue weighted by Crippen LogP contribution is -2.50. The molecule has 142 valence electrons. The van der Waals surface area contributed by atoms with Gasteiger partial charge >= 0.3 is 6.03 Å². The van der Waals surface area contributed by atoms with Crippen molar-refractivity contribution in [2.45, 2.75) is 18.4 Å². The number of rotatable bonds is 5. The maximum Gasteiger partial charge on any atom is 0.319 e. The Labute approximate surface area is 159 Å². The van der Waals surface area contributed by atoms with E-state index < -0.39 is 5.60 Å². The molecule has 2 heterocycles. The lowest BCUT2D eigenvalue weighted by molar-refractivity contribution is -0.0120. The van der Waals surface area contributed by atoms with E-state index in [1.165, 1.54) is 0 Å². The summed E-state index contributed by atoms with van der Waals surface area (Å²) in [5.41, 5.74) is 1.72. The van der Waals surface area contributed by atoms with E-state index in [9.17, 15) is 9.90 Å². The Hall–Kier alpha value is -2.70. The van der Waals surface area contributed by atoms with Crippen LogP contribution in [0.15, 0.2) is 48.7 Å². The third-order valence-corrected chi connectivity index (χ3v) is 4.77. The summed E-state index contributed by atoms with van der Waals surface area (Å²) < 4.78 is 0. The third kappa shape index (κ3) is 5.91. The van der Waals surface area contributed by atoms with Crippen LogP contribution in [0.4, 0.5) is 10.5 Å². The molecular weight excluding hydrogens is 340 g/mol. The Morgan fingerprint density at radius 2 is 2.04 bits per heavy atom. The quantitative estimate of drug-likeness (QED) is 0.760. The second-order valence-electron chi connectivity index (χ2n) is 7.05. The van der Waals surface area contributed by atoms with Gasteiger partial charge in [0.2, 0.25) is 0 Å². The summed E-state index contributed by atoms with van der Waals surface area (Å²) in [6, 6.07) is 13.0. The van der Waals surface area contributed by atoms with E-state index in [4.69, 9.17) is 0 Å². The number of nitrogens with one attached hydrogen (secondary N) is 2. The molecule has 0 radical (unpaired) electrons. The van der Waals surface area contributed by atoms with E-state index in [2.05, 4.69) is 20.5 Å². The van der Waals surface area contributed by atoms with Crippen molar-refractivity contribution < 1.29 is 9.90 Å². The average molecular weight is 366 g/mol. The zero-order chi connectivity index (χ0) is 19.1. The number of benzene rings is 1. The van der Waals surface area contributed by atoms with Crippen LogP contribution >= 0.6 is 0 Å². The molecule has 6 heteroatoms. The molecule has 3 N–H and O–H groups in total. The first-order chi connectivity index (χ1) is 13.0. The van der Waals surface area contributed by atoms with Crippen LogP contribution in [-0.2, 0) is 0 Å². The number of carbonyl (C=O) groups excluding carboxylic acids is 1. The third-order valence-electron chi connectivity index (χ3n) is 4.77. The van der Waals surface area contributed by atoms with Crippen LogP contribution in [0.1, 0.15) is 24.1 Å². The molecule has 1 aliphatic heterocycles. The molecule has 2 amide bonds. The van der Waals surface area contributed by atoms with Gasteiger partial charge in [0.15, 0.2) is 0 Å². The molecule has 1 aliphatic rings. The molecule has 0 spiro atoms. The van der Waals surface area contributed by atoms with Gasteiger partial charge in [0.1, 0.15) is 0 Å².